The van der Waals surface area contributed by atoms with E-state index in [1.807, 2.05) is 0 Å². The predicted molar refractivity (Wildman–Crippen MR) is 104 cm³/mol. The summed E-state index contributed by atoms with van der Waals surface area (Å²) in [5.74, 6) is -1.63. The third-order valence-electron chi connectivity index (χ3n) is 4.50. The highest BCUT2D eigenvalue weighted by Crippen LogP contribution is 2.22. The monoisotopic (exact) mass is 362 g/mol. The van der Waals surface area contributed by atoms with Gasteiger partial charge in [-0.15, -0.1) is 0 Å². The van der Waals surface area contributed by atoms with Crippen molar-refractivity contribution >= 4 is 17.6 Å². The molecule has 0 amide bonds. The highest BCUT2D eigenvalue weighted by Gasteiger charge is 2.18. The minimum Gasteiger partial charge on any atom is -0.478 e. The van der Waals surface area contributed by atoms with E-state index in [4.69, 9.17) is 10.2 Å². The Kier molecular flexibility index (Phi) is 9.44. The molecular weight excluding hydrogens is 332 g/mol. The highest BCUT2D eigenvalue weighted by molar-refractivity contribution is 5.89. The fourth-order valence-corrected chi connectivity index (χ4v) is 2.91. The van der Waals surface area contributed by atoms with Gasteiger partial charge in [-0.05, 0) is 62.5 Å². The van der Waals surface area contributed by atoms with Crippen LogP contribution in [-0.2, 0) is 16.0 Å². The van der Waals surface area contributed by atoms with Gasteiger partial charge in [-0.1, -0.05) is 19.1 Å². The fourth-order valence-electron chi connectivity index (χ4n) is 2.91. The zero-order chi connectivity index (χ0) is 19.5. The second-order valence-electron chi connectivity index (χ2n) is 6.65. The lowest BCUT2D eigenvalue weighted by Crippen LogP contribution is -2.34. The van der Waals surface area contributed by atoms with E-state index in [9.17, 15) is 9.59 Å². The van der Waals surface area contributed by atoms with Gasteiger partial charge in [0.1, 0.15) is 0 Å². The van der Waals surface area contributed by atoms with Gasteiger partial charge in [0.2, 0.25) is 0 Å². The summed E-state index contributed by atoms with van der Waals surface area (Å²) in [6, 6.07) is 9.05. The number of carboxylic acids is 2. The smallest absolute Gasteiger partial charge is 0.328 e. The second-order valence-corrected chi connectivity index (χ2v) is 6.65. The standard InChI is InChI=1S/C16H26N2.C4H4O4/c1-4-18-11-9-15(10-12-18)13-14-5-7-16(8-6-14)17(2)3;5-3(6)1-2-4(7)8/h5-8,15H,4,9-13H2,1-3H3;1-2H,(H,5,6)(H,7,8). The Labute approximate surface area is 155 Å². The first-order chi connectivity index (χ1) is 12.3. The van der Waals surface area contributed by atoms with E-state index >= 15 is 0 Å². The first-order valence-corrected chi connectivity index (χ1v) is 8.94. The molecule has 1 heterocycles. The fraction of sp³-hybridized carbons (Fsp3) is 0.500. The number of hydrogen-bond donors (Lipinski definition) is 2. The maximum Gasteiger partial charge on any atom is 0.328 e. The molecule has 0 radical (unpaired) electrons. The molecule has 144 valence electrons. The molecule has 1 aromatic carbocycles. The number of benzene rings is 1. The van der Waals surface area contributed by atoms with Crippen LogP contribution >= 0.6 is 0 Å². The van der Waals surface area contributed by atoms with E-state index in [0.717, 1.165) is 5.92 Å². The van der Waals surface area contributed by atoms with Gasteiger partial charge in [0.25, 0.3) is 0 Å². The lowest BCUT2D eigenvalue weighted by Gasteiger charge is -2.31. The van der Waals surface area contributed by atoms with Crippen molar-refractivity contribution < 1.29 is 19.8 Å². The van der Waals surface area contributed by atoms with Gasteiger partial charge >= 0.3 is 11.9 Å². The van der Waals surface area contributed by atoms with Crippen molar-refractivity contribution in [2.45, 2.75) is 26.2 Å². The number of piperidine rings is 1. The SMILES string of the molecule is CCN1CCC(Cc2ccc(N(C)C)cc2)CC1.O=C(O)C=CC(=O)O. The maximum atomic E-state index is 9.55. The molecule has 0 aromatic heterocycles. The molecule has 0 unspecified atom stereocenters. The van der Waals surface area contributed by atoms with E-state index in [2.05, 4.69) is 55.1 Å². The molecule has 6 nitrogen and oxygen atoms in total. The molecule has 1 aromatic rings. The average Bonchev–Trinajstić information content (AvgIpc) is 2.61. The molecule has 2 N–H and O–H groups in total. The summed E-state index contributed by atoms with van der Waals surface area (Å²) in [5.41, 5.74) is 2.79. The van der Waals surface area contributed by atoms with Crippen LogP contribution in [0.5, 0.6) is 0 Å². The summed E-state index contributed by atoms with van der Waals surface area (Å²) in [6.45, 7) is 6.05. The van der Waals surface area contributed by atoms with Crippen LogP contribution in [0.4, 0.5) is 5.69 Å². The molecule has 26 heavy (non-hydrogen) atoms. The van der Waals surface area contributed by atoms with Gasteiger partial charge in [-0.25, -0.2) is 9.59 Å². The van der Waals surface area contributed by atoms with Crippen molar-refractivity contribution in [3.05, 3.63) is 42.0 Å². The summed E-state index contributed by atoms with van der Waals surface area (Å²) in [7, 11) is 4.19. The third kappa shape index (κ3) is 8.67. The minimum atomic E-state index is -1.26. The quantitative estimate of drug-likeness (QED) is 0.758. The summed E-state index contributed by atoms with van der Waals surface area (Å²) in [4.78, 5) is 23.8. The summed E-state index contributed by atoms with van der Waals surface area (Å²) >= 11 is 0. The molecule has 1 saturated heterocycles. The van der Waals surface area contributed by atoms with Crippen molar-refractivity contribution in [2.75, 3.05) is 38.6 Å². The molecule has 1 fully saturated rings. The minimum absolute atomic E-state index is 0.558. The van der Waals surface area contributed by atoms with Gasteiger partial charge in [0.15, 0.2) is 0 Å². The largest absolute Gasteiger partial charge is 0.478 e. The van der Waals surface area contributed by atoms with E-state index in [0.29, 0.717) is 12.2 Å². The number of carboxylic acid groups (broad SMARTS) is 2. The zero-order valence-corrected chi connectivity index (χ0v) is 15.9. The van der Waals surface area contributed by atoms with E-state index < -0.39 is 11.9 Å². The van der Waals surface area contributed by atoms with Crippen molar-refractivity contribution in [1.82, 2.24) is 4.90 Å². The van der Waals surface area contributed by atoms with Gasteiger partial charge in [-0.3, -0.25) is 0 Å². The Morgan fingerprint density at radius 1 is 1.08 bits per heavy atom. The molecular formula is C20H30N2O4. The van der Waals surface area contributed by atoms with Gasteiger partial charge in [0.05, 0.1) is 0 Å². The predicted octanol–water partition coefficient (Wildman–Crippen LogP) is 2.74. The molecule has 0 aliphatic carbocycles. The first kappa shape index (κ1) is 21.7. The normalized spacial score (nSPS) is 15.3. The number of carbonyl (C=O) groups is 2. The molecule has 0 atom stereocenters. The number of nitrogens with zero attached hydrogens (tertiary/aromatic N) is 2. The van der Waals surface area contributed by atoms with Crippen molar-refractivity contribution in [2.24, 2.45) is 5.92 Å². The Balaban J connectivity index is 0.000000359. The van der Waals surface area contributed by atoms with Crippen LogP contribution in [0.3, 0.4) is 0 Å². The Morgan fingerprint density at radius 2 is 1.58 bits per heavy atom. The molecule has 6 heteroatoms. The lowest BCUT2D eigenvalue weighted by molar-refractivity contribution is -0.134. The van der Waals surface area contributed by atoms with Crippen LogP contribution in [-0.4, -0.2) is 60.8 Å². The number of hydrogen-bond acceptors (Lipinski definition) is 4. The summed E-state index contributed by atoms with van der Waals surface area (Å²) in [5, 5.41) is 15.6. The van der Waals surface area contributed by atoms with E-state index in [1.165, 1.54) is 50.1 Å². The van der Waals surface area contributed by atoms with Crippen LogP contribution < -0.4 is 4.90 Å². The summed E-state index contributed by atoms with van der Waals surface area (Å²) < 4.78 is 0. The van der Waals surface area contributed by atoms with Gasteiger partial charge < -0.3 is 20.0 Å². The zero-order valence-electron chi connectivity index (χ0n) is 15.9. The van der Waals surface area contributed by atoms with Crippen molar-refractivity contribution in [1.29, 1.82) is 0 Å². The number of rotatable bonds is 6. The number of anilines is 1. The van der Waals surface area contributed by atoms with Gasteiger partial charge in [0, 0.05) is 31.9 Å². The number of aliphatic carboxylic acids is 2. The van der Waals surface area contributed by atoms with Crippen LogP contribution in [0.2, 0.25) is 0 Å². The van der Waals surface area contributed by atoms with Crippen LogP contribution in [0.1, 0.15) is 25.3 Å². The molecule has 2 rings (SSSR count). The lowest BCUT2D eigenvalue weighted by atomic mass is 9.90. The second kappa shape index (κ2) is 11.3. The molecule has 0 bridgehead atoms. The summed E-state index contributed by atoms with van der Waals surface area (Å²) in [6.07, 6.45) is 5.10. The van der Waals surface area contributed by atoms with E-state index in [1.54, 1.807) is 0 Å². The molecule has 0 saturated carbocycles. The number of likely N-dealkylation sites (tertiary alicyclic amines) is 1. The Bertz CT molecular complexity index is 572. The van der Waals surface area contributed by atoms with Gasteiger partial charge in [-0.2, -0.15) is 0 Å². The molecule has 1 aliphatic rings. The molecule has 1 aliphatic heterocycles. The van der Waals surface area contributed by atoms with Crippen molar-refractivity contribution in [3.8, 4) is 0 Å². The average molecular weight is 362 g/mol. The maximum absolute atomic E-state index is 9.55. The Hall–Kier alpha value is -2.34. The Morgan fingerprint density at radius 3 is 1.96 bits per heavy atom. The highest BCUT2D eigenvalue weighted by atomic mass is 16.4. The topological polar surface area (TPSA) is 81.1 Å². The van der Waals surface area contributed by atoms with Crippen LogP contribution in [0.15, 0.2) is 36.4 Å². The van der Waals surface area contributed by atoms with Crippen molar-refractivity contribution in [3.63, 3.8) is 0 Å². The molecule has 0 spiro atoms. The van der Waals surface area contributed by atoms with Crippen LogP contribution in [0, 0.1) is 5.92 Å². The van der Waals surface area contributed by atoms with E-state index in [-0.39, 0.29) is 0 Å². The first-order valence-electron chi connectivity index (χ1n) is 8.94. The third-order valence-corrected chi connectivity index (χ3v) is 4.50. The van der Waals surface area contributed by atoms with Crippen LogP contribution in [0.25, 0.3) is 0 Å².